The molecule has 4 N–H and O–H groups in total. The quantitative estimate of drug-likeness (QED) is 0.122. The number of ketones is 3. The molecule has 400 valence electrons. The van der Waals surface area contributed by atoms with Gasteiger partial charge in [0.1, 0.15) is 30.1 Å². The van der Waals surface area contributed by atoms with E-state index in [4.69, 9.17) is 28.4 Å². The minimum Gasteiger partial charge on any atom is -0.460 e. The number of rotatable bonds is 10. The van der Waals surface area contributed by atoms with Crippen molar-refractivity contribution in [2.75, 3.05) is 47.7 Å². The number of hydrogen-bond acceptors (Lipinski definition) is 15. The summed E-state index contributed by atoms with van der Waals surface area (Å²) in [6.45, 7) is 12.2. The van der Waals surface area contributed by atoms with Crippen molar-refractivity contribution in [2.24, 2.45) is 46.8 Å². The lowest BCUT2D eigenvalue weighted by Crippen LogP contribution is -2.61. The molecule has 1 amide bonds. The number of methoxy groups -OCH3 is 3. The third kappa shape index (κ3) is 14.4. The molecule has 1 aliphatic carbocycles. The molecule has 0 radical (unpaired) electrons. The first-order chi connectivity index (χ1) is 33.6. The van der Waals surface area contributed by atoms with Gasteiger partial charge >= 0.3 is 5.97 Å². The summed E-state index contributed by atoms with van der Waals surface area (Å²) >= 11 is 0. The van der Waals surface area contributed by atoms with Crippen LogP contribution in [0.15, 0.2) is 47.6 Å². The average Bonchev–Trinajstić information content (AvgIpc) is 3.44. The number of esters is 1. The Bertz CT molecular complexity index is 1960. The van der Waals surface area contributed by atoms with Crippen LogP contribution in [0.4, 0.5) is 0 Å². The van der Waals surface area contributed by atoms with Crippen LogP contribution in [0.1, 0.15) is 119 Å². The number of aliphatic hydroxyl groups is 4. The molecule has 16 nitrogen and oxygen atoms in total. The molecule has 0 aromatic heterocycles. The van der Waals surface area contributed by atoms with Gasteiger partial charge in [-0.05, 0) is 106 Å². The Balaban J connectivity index is 1.48. The fraction of sp³-hybridized carbons (Fsp3) is 0.764. The Labute approximate surface area is 421 Å². The molecule has 0 aromatic carbocycles. The van der Waals surface area contributed by atoms with Gasteiger partial charge in [-0.2, -0.15) is 0 Å². The zero-order valence-corrected chi connectivity index (χ0v) is 44.0. The van der Waals surface area contributed by atoms with Crippen molar-refractivity contribution in [1.82, 2.24) is 4.90 Å². The highest BCUT2D eigenvalue weighted by atomic mass is 16.6. The van der Waals surface area contributed by atoms with Gasteiger partial charge in [0.05, 0.1) is 44.2 Å². The zero-order chi connectivity index (χ0) is 52.4. The van der Waals surface area contributed by atoms with Crippen LogP contribution in [0.3, 0.4) is 0 Å². The first-order valence-corrected chi connectivity index (χ1v) is 26.0. The standard InChI is InChI=1S/C55H85NO15/c1-32-14-12-11-13-15-33(2)45(66-8)27-40-18-16-37(6)55(65,71-40)51(62)52(63)56-21-20-39-26-42(56)53(64)70-46(28-43(59)34(3)23-36(5)49(61)50(68-10)48(60)35(4)22-32)41(39)24-38-17-19-44(47(25-38)67-9)69-31-54(7,29-57)30-58/h11-15,23,32,34-35,37-42,44-47,49-50,57-58,61,65H,16-22,24-31H2,1-10H3/b13-11+,14-12+,33-15?,36-23+/t32-,34-,35-,37-,38+,39+,40+,41?,42+,44+,45+,46+,47-,49-,50+,55-/m1/s1. The molecule has 0 spiro atoms. The number of allylic oxidation sites excluding steroid dienone is 6. The van der Waals surface area contributed by atoms with Crippen LogP contribution in [0.25, 0.3) is 0 Å². The van der Waals surface area contributed by atoms with E-state index in [0.29, 0.717) is 56.9 Å². The van der Waals surface area contributed by atoms with E-state index in [2.05, 4.69) is 0 Å². The number of ether oxygens (including phenoxy) is 6. The number of nitrogens with zero attached hydrogens (tertiary/aromatic N) is 1. The summed E-state index contributed by atoms with van der Waals surface area (Å²) in [5.41, 5.74) is 0.445. The van der Waals surface area contributed by atoms with Gasteiger partial charge in [0, 0.05) is 63.9 Å². The lowest BCUT2D eigenvalue weighted by Gasteiger charge is -2.43. The van der Waals surface area contributed by atoms with E-state index in [0.717, 1.165) is 12.0 Å². The van der Waals surface area contributed by atoms with E-state index in [9.17, 15) is 44.4 Å². The smallest absolute Gasteiger partial charge is 0.329 e. The van der Waals surface area contributed by atoms with Crippen LogP contribution in [0.2, 0.25) is 0 Å². The van der Waals surface area contributed by atoms with Gasteiger partial charge in [0.25, 0.3) is 11.7 Å². The molecular formula is C55H85NO15. The van der Waals surface area contributed by atoms with E-state index in [1.807, 2.05) is 51.2 Å². The number of aliphatic hydroxyl groups excluding tert-OH is 3. The van der Waals surface area contributed by atoms with Crippen molar-refractivity contribution in [2.45, 2.75) is 174 Å². The van der Waals surface area contributed by atoms with Gasteiger partial charge in [0.2, 0.25) is 5.79 Å². The Morgan fingerprint density at radius 3 is 2.21 bits per heavy atom. The third-order valence-corrected chi connectivity index (χ3v) is 16.4. The largest absolute Gasteiger partial charge is 0.460 e. The van der Waals surface area contributed by atoms with Gasteiger partial charge < -0.3 is 53.7 Å². The average molecular weight is 1000 g/mol. The Kier molecular flexibility index (Phi) is 21.5. The second-order valence-electron chi connectivity index (χ2n) is 22.0. The topological polar surface area (TPSA) is 225 Å². The lowest BCUT2D eigenvalue weighted by atomic mass is 9.70. The van der Waals surface area contributed by atoms with Crippen LogP contribution in [-0.4, -0.2) is 157 Å². The predicted molar refractivity (Wildman–Crippen MR) is 264 cm³/mol. The molecule has 5 bridgehead atoms. The number of Topliss-reactive ketones (excluding diaryl/α,β-unsaturated/α-hetero) is 3. The van der Waals surface area contributed by atoms with Gasteiger partial charge in [-0.1, -0.05) is 71.1 Å². The molecule has 3 saturated heterocycles. The zero-order valence-electron chi connectivity index (χ0n) is 44.0. The van der Waals surface area contributed by atoms with E-state index < -0.39 is 83.2 Å². The fourth-order valence-electron chi connectivity index (χ4n) is 11.4. The summed E-state index contributed by atoms with van der Waals surface area (Å²) < 4.78 is 36.1. The highest BCUT2D eigenvalue weighted by molar-refractivity contribution is 6.39. The summed E-state index contributed by atoms with van der Waals surface area (Å²) in [5.74, 6) is -8.23. The van der Waals surface area contributed by atoms with E-state index >= 15 is 0 Å². The Morgan fingerprint density at radius 1 is 0.831 bits per heavy atom. The van der Waals surface area contributed by atoms with Crippen molar-refractivity contribution >= 4 is 29.2 Å². The second-order valence-corrected chi connectivity index (χ2v) is 22.0. The summed E-state index contributed by atoms with van der Waals surface area (Å²) in [5, 5.41) is 43.3. The minimum atomic E-state index is -2.45. The molecule has 4 fully saturated rings. The molecule has 5 aliphatic rings. The van der Waals surface area contributed by atoms with Crippen molar-refractivity contribution in [1.29, 1.82) is 0 Å². The molecule has 16 heteroatoms. The molecule has 0 aromatic rings. The third-order valence-electron chi connectivity index (χ3n) is 16.4. The number of piperidine rings is 1. The van der Waals surface area contributed by atoms with Crippen LogP contribution in [0, 0.1) is 46.8 Å². The first kappa shape index (κ1) is 58.4. The summed E-state index contributed by atoms with van der Waals surface area (Å²) in [4.78, 5) is 72.5. The van der Waals surface area contributed by atoms with E-state index in [-0.39, 0.29) is 86.7 Å². The maximum Gasteiger partial charge on any atom is 0.329 e. The van der Waals surface area contributed by atoms with Gasteiger partial charge in [-0.3, -0.25) is 19.2 Å². The van der Waals surface area contributed by atoms with Crippen LogP contribution < -0.4 is 0 Å². The van der Waals surface area contributed by atoms with E-state index in [1.54, 1.807) is 48.0 Å². The summed E-state index contributed by atoms with van der Waals surface area (Å²) in [7, 11) is 4.57. The summed E-state index contributed by atoms with van der Waals surface area (Å²) in [6.07, 6.45) is 10.9. The van der Waals surface area contributed by atoms with Crippen molar-refractivity contribution < 1.29 is 72.8 Å². The first-order valence-electron chi connectivity index (χ1n) is 26.0. The monoisotopic (exact) mass is 1000 g/mol. The molecule has 5 rings (SSSR count). The Hall–Kier alpha value is -3.45. The van der Waals surface area contributed by atoms with Crippen LogP contribution in [0.5, 0.6) is 0 Å². The fourth-order valence-corrected chi connectivity index (χ4v) is 11.4. The summed E-state index contributed by atoms with van der Waals surface area (Å²) in [6, 6.07) is -1.15. The Morgan fingerprint density at radius 2 is 1.55 bits per heavy atom. The SMILES string of the molecule is CO[C@H]1C[C@@H]2CC[C@@H](C)[C@@](O)(O2)C(=O)C(=O)N2CC[C@H]3C[C@H]2C(=O)O[C@@H](CC(=O)[C@H](C)/C=C(\C)[C@@H](O)[C@@H](OC)C(=O)[C@H](C)C[C@H](C)/C=C/C=C/C=C1C)C3C[C@@H]1CC[C@H](OCC(C)(CO)CO)[C@H](OC)C1. The maximum absolute atomic E-state index is 14.4. The highest BCUT2D eigenvalue weighted by Crippen LogP contribution is 2.44. The van der Waals surface area contributed by atoms with Crippen LogP contribution >= 0.6 is 0 Å². The normalized spacial score (nSPS) is 39.6. The second kappa shape index (κ2) is 26.2. The number of carbonyl (C=O) groups excluding carboxylic acids is 5. The molecule has 16 atom stereocenters. The molecular weight excluding hydrogens is 915 g/mol. The maximum atomic E-state index is 14.4. The van der Waals surface area contributed by atoms with Gasteiger partial charge in [-0.25, -0.2) is 4.79 Å². The highest BCUT2D eigenvalue weighted by Gasteiger charge is 2.55. The molecule has 4 aliphatic heterocycles. The predicted octanol–water partition coefficient (Wildman–Crippen LogP) is 5.42. The van der Waals surface area contributed by atoms with Gasteiger partial charge in [-0.15, -0.1) is 0 Å². The van der Waals surface area contributed by atoms with Gasteiger partial charge in [0.15, 0.2) is 5.78 Å². The lowest BCUT2D eigenvalue weighted by molar-refractivity contribution is -0.265. The molecule has 4 heterocycles. The minimum absolute atomic E-state index is 0.0100. The number of amides is 1. The number of carbonyl (C=O) groups is 5. The van der Waals surface area contributed by atoms with Crippen molar-refractivity contribution in [3.8, 4) is 0 Å². The number of fused-ring (bicyclic) bond motifs is 5. The van der Waals surface area contributed by atoms with Crippen molar-refractivity contribution in [3.05, 3.63) is 47.6 Å². The van der Waals surface area contributed by atoms with Crippen LogP contribution in [-0.2, 0) is 52.4 Å². The van der Waals surface area contributed by atoms with E-state index in [1.165, 1.54) is 12.0 Å². The van der Waals surface area contributed by atoms with Crippen molar-refractivity contribution in [3.63, 3.8) is 0 Å². The molecule has 1 saturated carbocycles. The molecule has 1 unspecified atom stereocenters. The number of hydrogen-bond donors (Lipinski definition) is 4. The molecule has 71 heavy (non-hydrogen) atoms.